The van der Waals surface area contributed by atoms with Crippen LogP contribution < -0.4 is 5.73 Å². The molecule has 0 saturated carbocycles. The van der Waals surface area contributed by atoms with Crippen molar-refractivity contribution < 1.29 is 0 Å². The summed E-state index contributed by atoms with van der Waals surface area (Å²) in [5, 5.41) is 4.21. The molecule has 2 heterocycles. The van der Waals surface area contributed by atoms with Crippen molar-refractivity contribution >= 4 is 17.2 Å². The molecule has 16 heavy (non-hydrogen) atoms. The number of nitrogens with two attached hydrogens (primary N) is 1. The van der Waals surface area contributed by atoms with Gasteiger partial charge in [0.15, 0.2) is 5.82 Å². The molecule has 0 saturated heterocycles. The summed E-state index contributed by atoms with van der Waals surface area (Å²) in [5.74, 6) is 0.681. The van der Waals surface area contributed by atoms with Gasteiger partial charge in [-0.2, -0.15) is 5.10 Å². The maximum absolute atomic E-state index is 5.66. The first-order chi connectivity index (χ1) is 7.58. The first-order valence-electron chi connectivity index (χ1n) is 4.87. The minimum Gasteiger partial charge on any atom is -0.389 e. The smallest absolute Gasteiger partial charge is 0.163 e. The Morgan fingerprint density at radius 1 is 1.38 bits per heavy atom. The predicted octanol–water partition coefficient (Wildman–Crippen LogP) is 1.52. The number of aryl methyl sites for hydroxylation is 2. The third kappa shape index (κ3) is 1.94. The molecule has 2 rings (SSSR count). The van der Waals surface area contributed by atoms with Crippen molar-refractivity contribution in [3.8, 4) is 5.82 Å². The molecule has 0 aliphatic rings. The van der Waals surface area contributed by atoms with E-state index in [1.807, 2.05) is 32.2 Å². The molecular formula is C11H12N4S. The summed E-state index contributed by atoms with van der Waals surface area (Å²) in [7, 11) is 0. The first kappa shape index (κ1) is 10.8. The van der Waals surface area contributed by atoms with Crippen molar-refractivity contribution in [2.24, 2.45) is 5.73 Å². The highest BCUT2D eigenvalue weighted by Gasteiger charge is 2.09. The Bertz CT molecular complexity index is 545. The van der Waals surface area contributed by atoms with Gasteiger partial charge in [0.2, 0.25) is 0 Å². The Hall–Kier alpha value is -1.75. The fraction of sp³-hybridized carbons (Fsp3) is 0.182. The molecule has 0 unspecified atom stereocenters. The number of hydrogen-bond donors (Lipinski definition) is 1. The normalized spacial score (nSPS) is 10.4. The maximum atomic E-state index is 5.66. The van der Waals surface area contributed by atoms with Gasteiger partial charge in [0, 0.05) is 11.9 Å². The van der Waals surface area contributed by atoms with E-state index in [1.165, 1.54) is 0 Å². The average Bonchev–Trinajstić information content (AvgIpc) is 2.64. The van der Waals surface area contributed by atoms with Crippen LogP contribution in [0.25, 0.3) is 5.82 Å². The molecule has 0 atom stereocenters. The Labute approximate surface area is 99.1 Å². The van der Waals surface area contributed by atoms with Crippen LogP contribution in [0, 0.1) is 13.8 Å². The van der Waals surface area contributed by atoms with E-state index in [4.69, 9.17) is 18.0 Å². The third-order valence-electron chi connectivity index (χ3n) is 2.21. The van der Waals surface area contributed by atoms with Crippen LogP contribution in [0.3, 0.4) is 0 Å². The van der Waals surface area contributed by atoms with Gasteiger partial charge in [-0.05, 0) is 31.5 Å². The lowest BCUT2D eigenvalue weighted by Gasteiger charge is -2.07. The summed E-state index contributed by atoms with van der Waals surface area (Å²) in [4.78, 5) is 4.74. The van der Waals surface area contributed by atoms with E-state index in [0.29, 0.717) is 10.8 Å². The van der Waals surface area contributed by atoms with Crippen LogP contribution in [0.1, 0.15) is 16.8 Å². The highest BCUT2D eigenvalue weighted by molar-refractivity contribution is 7.80. The number of rotatable bonds is 2. The van der Waals surface area contributed by atoms with Gasteiger partial charge < -0.3 is 5.73 Å². The van der Waals surface area contributed by atoms with Crippen LogP contribution in [-0.2, 0) is 0 Å². The maximum Gasteiger partial charge on any atom is 0.163 e. The molecule has 0 aliphatic carbocycles. The quantitative estimate of drug-likeness (QED) is 0.798. The number of aromatic nitrogens is 3. The molecule has 0 aliphatic heterocycles. The number of thiocarbonyl (C=S) groups is 1. The predicted molar refractivity (Wildman–Crippen MR) is 66.7 cm³/mol. The van der Waals surface area contributed by atoms with Crippen molar-refractivity contribution in [1.82, 2.24) is 14.8 Å². The van der Waals surface area contributed by atoms with Crippen molar-refractivity contribution in [2.75, 3.05) is 0 Å². The van der Waals surface area contributed by atoms with Crippen LogP contribution in [0.4, 0.5) is 0 Å². The van der Waals surface area contributed by atoms with Crippen LogP contribution >= 0.6 is 12.2 Å². The number of pyridine rings is 1. The largest absolute Gasteiger partial charge is 0.389 e. The van der Waals surface area contributed by atoms with E-state index >= 15 is 0 Å². The van der Waals surface area contributed by atoms with E-state index in [1.54, 1.807) is 10.9 Å². The van der Waals surface area contributed by atoms with Gasteiger partial charge in [0.05, 0.1) is 11.8 Å². The second-order valence-corrected chi connectivity index (χ2v) is 4.09. The molecule has 0 fully saturated rings. The highest BCUT2D eigenvalue weighted by atomic mass is 32.1. The minimum atomic E-state index is 0.329. The lowest BCUT2D eigenvalue weighted by Crippen LogP contribution is -2.15. The van der Waals surface area contributed by atoms with Crippen molar-refractivity contribution in [3.63, 3.8) is 0 Å². The lowest BCUT2D eigenvalue weighted by atomic mass is 10.2. The van der Waals surface area contributed by atoms with Crippen LogP contribution in [0.5, 0.6) is 0 Å². The summed E-state index contributed by atoms with van der Waals surface area (Å²) in [6.45, 7) is 3.89. The van der Waals surface area contributed by atoms with E-state index in [9.17, 15) is 0 Å². The fourth-order valence-electron chi connectivity index (χ4n) is 1.44. The number of nitrogens with zero attached hydrogens (tertiary/aromatic N) is 3. The van der Waals surface area contributed by atoms with E-state index < -0.39 is 0 Å². The lowest BCUT2D eigenvalue weighted by molar-refractivity contribution is 0.838. The monoisotopic (exact) mass is 232 g/mol. The van der Waals surface area contributed by atoms with Crippen LogP contribution in [-0.4, -0.2) is 19.8 Å². The van der Waals surface area contributed by atoms with Crippen LogP contribution in [0.2, 0.25) is 0 Å². The second-order valence-electron chi connectivity index (χ2n) is 3.65. The van der Waals surface area contributed by atoms with Gasteiger partial charge in [0.1, 0.15) is 4.99 Å². The number of hydrogen-bond acceptors (Lipinski definition) is 3. The first-order valence-corrected chi connectivity index (χ1v) is 5.28. The van der Waals surface area contributed by atoms with E-state index in [0.717, 1.165) is 16.8 Å². The molecule has 4 nitrogen and oxygen atoms in total. The topological polar surface area (TPSA) is 56.7 Å². The zero-order chi connectivity index (χ0) is 11.7. The average molecular weight is 232 g/mol. The van der Waals surface area contributed by atoms with Crippen molar-refractivity contribution in [3.05, 3.63) is 41.3 Å². The summed E-state index contributed by atoms with van der Waals surface area (Å²) in [5.41, 5.74) is 8.37. The molecule has 2 aromatic heterocycles. The van der Waals surface area contributed by atoms with Crippen LogP contribution in [0.15, 0.2) is 24.5 Å². The molecule has 0 amide bonds. The Kier molecular flexibility index (Phi) is 2.70. The zero-order valence-electron chi connectivity index (χ0n) is 9.14. The third-order valence-corrected chi connectivity index (χ3v) is 2.43. The summed E-state index contributed by atoms with van der Waals surface area (Å²) >= 11 is 5.00. The molecular weight excluding hydrogens is 220 g/mol. The van der Waals surface area contributed by atoms with E-state index in [2.05, 4.69) is 10.1 Å². The summed E-state index contributed by atoms with van der Waals surface area (Å²) in [6, 6.07) is 3.76. The highest BCUT2D eigenvalue weighted by Crippen LogP contribution is 2.13. The van der Waals surface area contributed by atoms with Crippen molar-refractivity contribution in [1.29, 1.82) is 0 Å². The minimum absolute atomic E-state index is 0.329. The molecule has 2 N–H and O–H groups in total. The van der Waals surface area contributed by atoms with E-state index in [-0.39, 0.29) is 0 Å². The van der Waals surface area contributed by atoms with Gasteiger partial charge in [-0.15, -0.1) is 0 Å². The molecule has 0 bridgehead atoms. The molecule has 0 radical (unpaired) electrons. The standard InChI is InChI=1S/C11H12N4S/c1-7-5-13-15(6-7)11-9(10(12)16)4-3-8(2)14-11/h3-6H,1-2H3,(H2,12,16). The van der Waals surface area contributed by atoms with Gasteiger partial charge in [0.25, 0.3) is 0 Å². The Balaban J connectivity index is 2.62. The van der Waals surface area contributed by atoms with Gasteiger partial charge >= 0.3 is 0 Å². The zero-order valence-corrected chi connectivity index (χ0v) is 9.95. The molecule has 82 valence electrons. The SMILES string of the molecule is Cc1cnn(-c2nc(C)ccc2C(N)=S)c1. The van der Waals surface area contributed by atoms with Gasteiger partial charge in [-0.1, -0.05) is 12.2 Å². The summed E-state index contributed by atoms with van der Waals surface area (Å²) in [6.07, 6.45) is 3.66. The molecule has 2 aromatic rings. The Morgan fingerprint density at radius 3 is 2.69 bits per heavy atom. The van der Waals surface area contributed by atoms with Crippen molar-refractivity contribution in [2.45, 2.75) is 13.8 Å². The molecule has 0 aromatic carbocycles. The second kappa shape index (κ2) is 4.02. The van der Waals surface area contributed by atoms with Gasteiger partial charge in [-0.25, -0.2) is 9.67 Å². The fourth-order valence-corrected chi connectivity index (χ4v) is 1.60. The molecule has 0 spiro atoms. The summed E-state index contributed by atoms with van der Waals surface area (Å²) < 4.78 is 1.69. The molecule has 5 heteroatoms. The Morgan fingerprint density at radius 2 is 2.12 bits per heavy atom. The van der Waals surface area contributed by atoms with Gasteiger partial charge in [-0.3, -0.25) is 0 Å².